The first kappa shape index (κ1) is 16.3. The summed E-state index contributed by atoms with van der Waals surface area (Å²) in [6.45, 7) is 2.21. The highest BCUT2D eigenvalue weighted by Gasteiger charge is 2.30. The highest BCUT2D eigenvalue weighted by Crippen LogP contribution is 2.37. The fourth-order valence-corrected chi connectivity index (χ4v) is 3.54. The van der Waals surface area contributed by atoms with E-state index in [1.165, 1.54) is 12.8 Å². The zero-order chi connectivity index (χ0) is 15.2. The molecule has 1 saturated carbocycles. The Labute approximate surface area is 128 Å². The number of benzene rings is 1. The molecule has 3 nitrogen and oxygen atoms in total. The average molecular weight is 292 g/mol. The first-order chi connectivity index (χ1) is 10.1. The summed E-state index contributed by atoms with van der Waals surface area (Å²) in [7, 11) is 1.63. The Balaban J connectivity index is 1.97. The molecule has 2 N–H and O–H groups in total. The fraction of sp³-hybridized carbons (Fsp3) is 0.667. The molecule has 0 amide bonds. The maximum atomic E-state index is 10.5. The smallest absolute Gasteiger partial charge is 0.119 e. The number of hydrogen-bond acceptors (Lipinski definition) is 3. The lowest BCUT2D eigenvalue weighted by Crippen LogP contribution is -2.30. The molecular weight excluding hydrogens is 264 g/mol. The quantitative estimate of drug-likeness (QED) is 0.840. The van der Waals surface area contributed by atoms with Gasteiger partial charge in [0.05, 0.1) is 19.3 Å². The lowest BCUT2D eigenvalue weighted by molar-refractivity contribution is 0.0150. The Morgan fingerprint density at radius 3 is 2.86 bits per heavy atom. The van der Waals surface area contributed by atoms with Crippen molar-refractivity contribution in [1.29, 1.82) is 0 Å². The van der Waals surface area contributed by atoms with Crippen LogP contribution < -0.4 is 4.74 Å². The summed E-state index contributed by atoms with van der Waals surface area (Å²) in [6.07, 6.45) is 5.31. The van der Waals surface area contributed by atoms with E-state index in [1.54, 1.807) is 7.11 Å². The minimum Gasteiger partial charge on any atom is -0.497 e. The molecule has 0 saturated heterocycles. The van der Waals surface area contributed by atoms with Gasteiger partial charge in [-0.1, -0.05) is 31.9 Å². The van der Waals surface area contributed by atoms with E-state index in [-0.39, 0.29) is 12.0 Å². The van der Waals surface area contributed by atoms with Crippen molar-refractivity contribution in [3.05, 3.63) is 29.8 Å². The monoisotopic (exact) mass is 292 g/mol. The molecule has 0 radical (unpaired) electrons. The normalized spacial score (nSPS) is 27.3. The summed E-state index contributed by atoms with van der Waals surface area (Å²) >= 11 is 0. The van der Waals surface area contributed by atoms with Crippen LogP contribution in [0.5, 0.6) is 5.75 Å². The number of aliphatic hydroxyl groups is 2. The van der Waals surface area contributed by atoms with Gasteiger partial charge < -0.3 is 14.9 Å². The number of methoxy groups -OCH3 is 1. The number of ether oxygens (including phenoxy) is 1. The maximum absolute atomic E-state index is 10.5. The first-order valence-corrected chi connectivity index (χ1v) is 8.14. The van der Waals surface area contributed by atoms with E-state index in [9.17, 15) is 10.2 Å². The van der Waals surface area contributed by atoms with Crippen LogP contribution in [0.2, 0.25) is 0 Å². The second-order valence-electron chi connectivity index (χ2n) is 6.32. The molecule has 3 heteroatoms. The van der Waals surface area contributed by atoms with Crippen molar-refractivity contribution >= 4 is 0 Å². The van der Waals surface area contributed by atoms with E-state index in [1.807, 2.05) is 24.3 Å². The number of hydrogen-bond donors (Lipinski definition) is 2. The Morgan fingerprint density at radius 2 is 2.14 bits per heavy atom. The maximum Gasteiger partial charge on any atom is 0.119 e. The van der Waals surface area contributed by atoms with Crippen LogP contribution in [0, 0.1) is 11.8 Å². The van der Waals surface area contributed by atoms with Gasteiger partial charge in [-0.3, -0.25) is 0 Å². The molecule has 2 rings (SSSR count). The van der Waals surface area contributed by atoms with E-state index in [2.05, 4.69) is 6.92 Å². The molecule has 0 aromatic heterocycles. The largest absolute Gasteiger partial charge is 0.497 e. The SMILES string of the molecule is CCCC1CCC(O)C(CC(O)c2cccc(OC)c2)C1. The Hall–Kier alpha value is -1.06. The van der Waals surface area contributed by atoms with Crippen LogP contribution in [0.1, 0.15) is 57.1 Å². The molecule has 0 bridgehead atoms. The van der Waals surface area contributed by atoms with Crippen molar-refractivity contribution in [2.75, 3.05) is 7.11 Å². The van der Waals surface area contributed by atoms with Crippen molar-refractivity contribution in [3.63, 3.8) is 0 Å². The average Bonchev–Trinajstić information content (AvgIpc) is 2.51. The molecule has 1 aromatic rings. The molecule has 21 heavy (non-hydrogen) atoms. The van der Waals surface area contributed by atoms with Crippen molar-refractivity contribution < 1.29 is 14.9 Å². The van der Waals surface area contributed by atoms with Crippen LogP contribution in [-0.2, 0) is 0 Å². The van der Waals surface area contributed by atoms with Crippen molar-refractivity contribution in [1.82, 2.24) is 0 Å². The second-order valence-corrected chi connectivity index (χ2v) is 6.32. The summed E-state index contributed by atoms with van der Waals surface area (Å²) in [4.78, 5) is 0. The van der Waals surface area contributed by atoms with Gasteiger partial charge in [0, 0.05) is 0 Å². The standard InChI is InChI=1S/C18H28O3/c1-3-5-13-8-9-17(19)15(10-13)12-18(20)14-6-4-7-16(11-14)21-2/h4,6-7,11,13,15,17-20H,3,5,8-10,12H2,1-2H3. The van der Waals surface area contributed by atoms with Gasteiger partial charge in [-0.05, 0) is 55.2 Å². The van der Waals surface area contributed by atoms with Crippen molar-refractivity contribution in [2.24, 2.45) is 11.8 Å². The number of aliphatic hydroxyl groups excluding tert-OH is 2. The predicted octanol–water partition coefficient (Wildman–Crippen LogP) is 3.70. The highest BCUT2D eigenvalue weighted by molar-refractivity contribution is 5.29. The van der Waals surface area contributed by atoms with E-state index >= 15 is 0 Å². The molecular formula is C18H28O3. The molecule has 4 unspecified atom stereocenters. The molecule has 1 aliphatic rings. The van der Waals surface area contributed by atoms with Gasteiger partial charge in [0.2, 0.25) is 0 Å². The summed E-state index contributed by atoms with van der Waals surface area (Å²) in [6, 6.07) is 7.58. The Bertz CT molecular complexity index is 432. The first-order valence-electron chi connectivity index (χ1n) is 8.14. The van der Waals surface area contributed by atoms with Crippen LogP contribution in [0.3, 0.4) is 0 Å². The summed E-state index contributed by atoms with van der Waals surface area (Å²) in [5.41, 5.74) is 0.874. The van der Waals surface area contributed by atoms with Gasteiger partial charge in [-0.25, -0.2) is 0 Å². The molecule has 1 fully saturated rings. The van der Waals surface area contributed by atoms with Crippen molar-refractivity contribution in [3.8, 4) is 5.75 Å². The molecule has 0 spiro atoms. The van der Waals surface area contributed by atoms with E-state index < -0.39 is 6.10 Å². The predicted molar refractivity (Wildman–Crippen MR) is 84.3 cm³/mol. The van der Waals surface area contributed by atoms with Gasteiger partial charge in [-0.15, -0.1) is 0 Å². The lowest BCUT2D eigenvalue weighted by Gasteiger charge is -2.34. The highest BCUT2D eigenvalue weighted by atomic mass is 16.5. The topological polar surface area (TPSA) is 49.7 Å². The zero-order valence-corrected chi connectivity index (χ0v) is 13.2. The third-order valence-corrected chi connectivity index (χ3v) is 4.75. The van der Waals surface area contributed by atoms with Crippen LogP contribution in [-0.4, -0.2) is 23.4 Å². The van der Waals surface area contributed by atoms with Gasteiger partial charge >= 0.3 is 0 Å². The van der Waals surface area contributed by atoms with Crippen molar-refractivity contribution in [2.45, 2.75) is 57.7 Å². The zero-order valence-electron chi connectivity index (χ0n) is 13.2. The number of rotatable bonds is 6. The Morgan fingerprint density at radius 1 is 1.33 bits per heavy atom. The van der Waals surface area contributed by atoms with Gasteiger partial charge in [0.1, 0.15) is 5.75 Å². The fourth-order valence-electron chi connectivity index (χ4n) is 3.54. The molecule has 118 valence electrons. The third-order valence-electron chi connectivity index (χ3n) is 4.75. The van der Waals surface area contributed by atoms with Gasteiger partial charge in [0.25, 0.3) is 0 Å². The molecule has 1 aromatic carbocycles. The third kappa shape index (κ3) is 4.45. The molecule has 1 aliphatic carbocycles. The van der Waals surface area contributed by atoms with E-state index in [0.29, 0.717) is 12.3 Å². The molecule has 0 aliphatic heterocycles. The van der Waals surface area contributed by atoms with E-state index in [0.717, 1.165) is 30.6 Å². The van der Waals surface area contributed by atoms with Crippen LogP contribution in [0.25, 0.3) is 0 Å². The Kier molecular flexibility index (Phi) is 6.07. The van der Waals surface area contributed by atoms with Gasteiger partial charge in [-0.2, -0.15) is 0 Å². The summed E-state index contributed by atoms with van der Waals surface area (Å²) in [5, 5.41) is 20.7. The van der Waals surface area contributed by atoms with Crippen LogP contribution in [0.4, 0.5) is 0 Å². The molecule has 0 heterocycles. The minimum absolute atomic E-state index is 0.205. The second kappa shape index (κ2) is 7.81. The summed E-state index contributed by atoms with van der Waals surface area (Å²) in [5.74, 6) is 1.68. The van der Waals surface area contributed by atoms with Crippen LogP contribution in [0.15, 0.2) is 24.3 Å². The van der Waals surface area contributed by atoms with Gasteiger partial charge in [0.15, 0.2) is 0 Å². The van der Waals surface area contributed by atoms with E-state index in [4.69, 9.17) is 4.74 Å². The minimum atomic E-state index is -0.528. The lowest BCUT2D eigenvalue weighted by atomic mass is 9.75. The van der Waals surface area contributed by atoms with Crippen LogP contribution >= 0.6 is 0 Å². The molecule has 4 atom stereocenters. The summed E-state index contributed by atoms with van der Waals surface area (Å²) < 4.78 is 5.20.